The smallest absolute Gasteiger partial charge is 0.366 e. The van der Waals surface area contributed by atoms with E-state index in [0.717, 1.165) is 12.2 Å². The molecule has 2 aromatic carbocycles. The summed E-state index contributed by atoms with van der Waals surface area (Å²) in [6, 6.07) is 18.1. The van der Waals surface area contributed by atoms with Crippen LogP contribution < -0.4 is 9.47 Å². The number of ether oxygens (including phenoxy) is 2. The Morgan fingerprint density at radius 1 is 0.821 bits per heavy atom. The van der Waals surface area contributed by atoms with E-state index in [2.05, 4.69) is 13.2 Å². The molecule has 7 nitrogen and oxygen atoms in total. The van der Waals surface area contributed by atoms with E-state index in [1.54, 1.807) is 24.3 Å². The number of rotatable bonds is 6. The van der Waals surface area contributed by atoms with Crippen molar-refractivity contribution < 1.29 is 39.1 Å². The lowest BCUT2D eigenvalue weighted by Crippen LogP contribution is -2.38. The molecule has 0 aliphatic heterocycles. The van der Waals surface area contributed by atoms with E-state index in [-0.39, 0.29) is 4.70 Å². The van der Waals surface area contributed by atoms with Crippen LogP contribution in [-0.2, 0) is 9.59 Å². The maximum absolute atomic E-state index is 9.98. The van der Waals surface area contributed by atoms with Crippen LogP contribution in [0.2, 0.25) is 0 Å². The average molecular weight is 394 g/mol. The fraction of sp³-hybridized carbons (Fsp3) is 0.100. The predicted molar refractivity (Wildman–Crippen MR) is 103 cm³/mol. The Labute approximate surface area is 162 Å². The van der Waals surface area contributed by atoms with Gasteiger partial charge in [0.05, 0.1) is 0 Å². The molecule has 0 saturated heterocycles. The van der Waals surface area contributed by atoms with Gasteiger partial charge in [-0.25, -0.2) is 9.59 Å². The molecule has 8 heteroatoms. The number of carboxylic acids is 2. The minimum atomic E-state index is -1.69. The lowest BCUT2D eigenvalue weighted by Gasteiger charge is -2.25. The molecule has 0 spiro atoms. The fourth-order valence-corrected chi connectivity index (χ4v) is 1.44. The molecule has 0 aliphatic rings. The molecule has 0 saturated carbocycles. The van der Waals surface area contributed by atoms with E-state index >= 15 is 0 Å². The molecule has 0 bridgehead atoms. The molecule has 0 atom stereocenters. The van der Waals surface area contributed by atoms with Crippen molar-refractivity contribution in [3.05, 3.63) is 86.0 Å². The van der Waals surface area contributed by atoms with Gasteiger partial charge in [-0.1, -0.05) is 49.6 Å². The molecule has 0 amide bonds. The molecule has 2 aromatic rings. The van der Waals surface area contributed by atoms with E-state index in [4.69, 9.17) is 19.7 Å². The summed E-state index contributed by atoms with van der Waals surface area (Å²) in [7, 11) is 0. The summed E-state index contributed by atoms with van der Waals surface area (Å²) >= 11 is 0. The summed E-state index contributed by atoms with van der Waals surface area (Å²) in [6.45, 7) is 7.37. The topological polar surface area (TPSA) is 113 Å². The van der Waals surface area contributed by atoms with Crippen molar-refractivity contribution in [2.24, 2.45) is 0 Å². The van der Waals surface area contributed by atoms with Crippen LogP contribution in [0.15, 0.2) is 86.0 Å². The van der Waals surface area contributed by atoms with Crippen LogP contribution in [-0.4, -0.2) is 33.2 Å². The number of hydrogen-bond donors (Lipinski definition) is 3. The largest absolute Gasteiger partial charge is 0.478 e. The maximum Gasteiger partial charge on any atom is 0.366 e. The van der Waals surface area contributed by atoms with Gasteiger partial charge >= 0.3 is 17.9 Å². The summed E-state index contributed by atoms with van der Waals surface area (Å²) in [6.07, 6.45) is 1.67. The second-order valence-electron chi connectivity index (χ2n) is 4.81. The molecular formula is C20H23FO7. The van der Waals surface area contributed by atoms with Crippen molar-refractivity contribution >= 4 is 11.9 Å². The molecule has 152 valence electrons. The molecule has 2 rings (SSSR count). The van der Waals surface area contributed by atoms with Gasteiger partial charge in [-0.3, -0.25) is 4.70 Å². The van der Waals surface area contributed by atoms with Crippen molar-refractivity contribution in [2.45, 2.75) is 12.9 Å². The monoisotopic (exact) mass is 394 g/mol. The van der Waals surface area contributed by atoms with E-state index in [9.17, 15) is 14.7 Å². The molecular weight excluding hydrogens is 371 g/mol. The van der Waals surface area contributed by atoms with Gasteiger partial charge in [-0.2, -0.15) is 0 Å². The van der Waals surface area contributed by atoms with E-state index < -0.39 is 17.9 Å². The third-order valence-electron chi connectivity index (χ3n) is 2.45. The van der Waals surface area contributed by atoms with Crippen LogP contribution in [0.3, 0.4) is 0 Å². The van der Waals surface area contributed by atoms with Gasteiger partial charge in [-0.05, 0) is 24.3 Å². The Morgan fingerprint density at radius 2 is 1.07 bits per heavy atom. The van der Waals surface area contributed by atoms with Crippen LogP contribution in [0.25, 0.3) is 0 Å². The first-order chi connectivity index (χ1) is 12.7. The zero-order chi connectivity index (χ0) is 20.7. The molecule has 0 fully saturated rings. The van der Waals surface area contributed by atoms with E-state index in [1.165, 1.54) is 6.92 Å². The number of carboxylic acid groups (broad SMARTS) is 2. The summed E-state index contributed by atoms with van der Waals surface area (Å²) in [5.74, 6) is -2.56. The second-order valence-corrected chi connectivity index (χ2v) is 4.81. The molecule has 0 heterocycles. The molecule has 28 heavy (non-hydrogen) atoms. The summed E-state index contributed by atoms with van der Waals surface area (Å²) in [5, 5.41) is 25.2. The highest BCUT2D eigenvalue weighted by molar-refractivity contribution is 5.79. The summed E-state index contributed by atoms with van der Waals surface area (Å²) in [5.41, 5.74) is 0. The zero-order valence-electron chi connectivity index (χ0n) is 15.2. The number of hydrogen-bond acceptors (Lipinski definition) is 5. The predicted octanol–water partition coefficient (Wildman–Crippen LogP) is 3.48. The highest BCUT2D eigenvalue weighted by atomic mass is 19.0. The molecule has 0 unspecified atom stereocenters. The van der Waals surface area contributed by atoms with Gasteiger partial charge < -0.3 is 24.8 Å². The number of para-hydroxylation sites is 2. The molecule has 0 aliphatic carbocycles. The van der Waals surface area contributed by atoms with Crippen LogP contribution in [0, 0.1) is 0 Å². The van der Waals surface area contributed by atoms with Crippen LogP contribution in [0.4, 0.5) is 4.70 Å². The Kier molecular flexibility index (Phi) is 13.8. The van der Waals surface area contributed by atoms with Gasteiger partial charge in [0.1, 0.15) is 11.5 Å². The Balaban J connectivity index is 0. The van der Waals surface area contributed by atoms with Gasteiger partial charge in [0.2, 0.25) is 0 Å². The van der Waals surface area contributed by atoms with Crippen molar-refractivity contribution in [3.63, 3.8) is 0 Å². The quantitative estimate of drug-likeness (QED) is 0.508. The van der Waals surface area contributed by atoms with Crippen LogP contribution in [0.1, 0.15) is 6.92 Å². The first kappa shape index (κ1) is 26.6. The minimum absolute atomic E-state index is 0. The average Bonchev–Trinajstić information content (AvgIpc) is 2.63. The lowest BCUT2D eigenvalue weighted by molar-refractivity contribution is -0.258. The summed E-state index contributed by atoms with van der Waals surface area (Å²) in [4.78, 5) is 18.5. The number of carbonyl (C=O) groups is 2. The number of aliphatic hydroxyl groups is 1. The van der Waals surface area contributed by atoms with Crippen LogP contribution in [0.5, 0.6) is 11.5 Å². The normalized spacial score (nSPS) is 8.93. The van der Waals surface area contributed by atoms with Crippen molar-refractivity contribution in [3.8, 4) is 11.5 Å². The number of aliphatic carboxylic acids is 2. The van der Waals surface area contributed by atoms with Crippen molar-refractivity contribution in [1.29, 1.82) is 0 Å². The molecule has 0 aromatic heterocycles. The highest BCUT2D eigenvalue weighted by Gasteiger charge is 2.24. The van der Waals surface area contributed by atoms with Gasteiger partial charge in [-0.15, -0.1) is 0 Å². The Hall–Kier alpha value is -3.65. The Morgan fingerprint density at radius 3 is 1.29 bits per heavy atom. The fourth-order valence-electron chi connectivity index (χ4n) is 1.44. The standard InChI is InChI=1S/C14H14O3.2C3H4O2.FH/c1-14(15,16-12-8-4-2-5-9-12)17-13-10-6-3-7-11-13;2*1-2-3(4)5;/h2-11,15H,1H3;2*2H,1H2,(H,4,5);1H. The van der Waals surface area contributed by atoms with Gasteiger partial charge in [0.15, 0.2) is 0 Å². The van der Waals surface area contributed by atoms with Gasteiger partial charge in [0.25, 0.3) is 0 Å². The first-order valence-electron chi connectivity index (χ1n) is 7.61. The number of halogens is 1. The zero-order valence-corrected chi connectivity index (χ0v) is 15.2. The van der Waals surface area contributed by atoms with Crippen molar-refractivity contribution in [1.82, 2.24) is 0 Å². The maximum atomic E-state index is 9.98. The molecule has 0 radical (unpaired) electrons. The third-order valence-corrected chi connectivity index (χ3v) is 2.45. The lowest BCUT2D eigenvalue weighted by atomic mass is 10.3. The summed E-state index contributed by atoms with van der Waals surface area (Å²) < 4.78 is 10.7. The van der Waals surface area contributed by atoms with Crippen LogP contribution >= 0.6 is 0 Å². The Bertz CT molecular complexity index is 654. The highest BCUT2D eigenvalue weighted by Crippen LogP contribution is 2.20. The number of benzene rings is 2. The van der Waals surface area contributed by atoms with E-state index in [0.29, 0.717) is 11.5 Å². The third kappa shape index (κ3) is 14.7. The first-order valence-corrected chi connectivity index (χ1v) is 7.61. The minimum Gasteiger partial charge on any atom is -0.478 e. The SMILES string of the molecule is C=CC(=O)O.C=CC(=O)O.CC(O)(Oc1ccccc1)Oc1ccccc1.F. The molecule has 3 N–H and O–H groups in total. The second kappa shape index (κ2) is 14.5. The van der Waals surface area contributed by atoms with Gasteiger partial charge in [0, 0.05) is 19.1 Å². The van der Waals surface area contributed by atoms with Crippen molar-refractivity contribution in [2.75, 3.05) is 0 Å². The van der Waals surface area contributed by atoms with E-state index in [1.807, 2.05) is 36.4 Å².